The van der Waals surface area contributed by atoms with Crippen LogP contribution in [-0.4, -0.2) is 18.9 Å². The molecule has 1 fully saturated rings. The van der Waals surface area contributed by atoms with E-state index in [4.69, 9.17) is 10.9 Å². The Balaban J connectivity index is 2.54. The van der Waals surface area contributed by atoms with Gasteiger partial charge in [0.2, 0.25) is 7.37 Å². The molecule has 0 amide bonds. The lowest BCUT2D eigenvalue weighted by Gasteiger charge is -2.03. The normalized spacial score (nSPS) is 34.1. The molecular weight excluding hydrogens is 135 g/mol. The Morgan fingerprint density at radius 1 is 1.78 bits per heavy atom. The second-order valence-corrected chi connectivity index (χ2v) is 4.74. The summed E-state index contributed by atoms with van der Waals surface area (Å²) < 4.78 is 16.2. The van der Waals surface area contributed by atoms with Crippen molar-refractivity contribution in [3.63, 3.8) is 0 Å². The molecule has 0 aromatic rings. The summed E-state index contributed by atoms with van der Waals surface area (Å²) in [4.78, 5) is 0. The van der Waals surface area contributed by atoms with Gasteiger partial charge < -0.3 is 4.52 Å². The van der Waals surface area contributed by atoms with E-state index in [0.29, 0.717) is 18.9 Å². The standard InChI is InChI=1S/C6H9O2P/c1-2-5-9(7)6-3-4-8-9/h1H,3-6H2. The Morgan fingerprint density at radius 2 is 2.56 bits per heavy atom. The van der Waals surface area contributed by atoms with Gasteiger partial charge in [0, 0.05) is 6.16 Å². The molecule has 2 nitrogen and oxygen atoms in total. The predicted molar refractivity (Wildman–Crippen MR) is 36.7 cm³/mol. The van der Waals surface area contributed by atoms with Crippen LogP contribution in [0, 0.1) is 12.3 Å². The number of hydrogen-bond donors (Lipinski definition) is 0. The first-order valence-corrected chi connectivity index (χ1v) is 4.92. The predicted octanol–water partition coefficient (Wildman–Crippen LogP) is 1.32. The molecule has 0 bridgehead atoms. The number of rotatable bonds is 1. The summed E-state index contributed by atoms with van der Waals surface area (Å²) in [6, 6.07) is 0. The van der Waals surface area contributed by atoms with Gasteiger partial charge in [0.15, 0.2) is 0 Å². The highest BCUT2D eigenvalue weighted by Gasteiger charge is 2.26. The fraction of sp³-hybridized carbons (Fsp3) is 0.667. The van der Waals surface area contributed by atoms with E-state index in [-0.39, 0.29) is 0 Å². The summed E-state index contributed by atoms with van der Waals surface area (Å²) in [5.74, 6) is 2.36. The van der Waals surface area contributed by atoms with Gasteiger partial charge in [-0.1, -0.05) is 5.92 Å². The van der Waals surface area contributed by atoms with Crippen molar-refractivity contribution in [1.82, 2.24) is 0 Å². The molecule has 1 unspecified atom stereocenters. The molecule has 0 aliphatic carbocycles. The zero-order chi connectivity index (χ0) is 6.74. The van der Waals surface area contributed by atoms with Crippen LogP contribution in [0.4, 0.5) is 0 Å². The Labute approximate surface area is 55.0 Å². The Bertz CT molecular complexity index is 170. The summed E-state index contributed by atoms with van der Waals surface area (Å²) in [6.07, 6.45) is 6.88. The largest absolute Gasteiger partial charge is 0.328 e. The molecule has 0 spiro atoms. The molecule has 0 radical (unpaired) electrons. The van der Waals surface area contributed by atoms with Gasteiger partial charge in [0.1, 0.15) is 0 Å². The van der Waals surface area contributed by atoms with Gasteiger partial charge >= 0.3 is 0 Å². The van der Waals surface area contributed by atoms with Gasteiger partial charge in [0.25, 0.3) is 0 Å². The van der Waals surface area contributed by atoms with Gasteiger partial charge in [-0.2, -0.15) is 0 Å². The minimum absolute atomic E-state index is 0.312. The van der Waals surface area contributed by atoms with Crippen LogP contribution in [0.2, 0.25) is 0 Å². The van der Waals surface area contributed by atoms with E-state index in [1.165, 1.54) is 0 Å². The van der Waals surface area contributed by atoms with E-state index in [1.54, 1.807) is 0 Å². The monoisotopic (exact) mass is 144 g/mol. The molecule has 3 heteroatoms. The van der Waals surface area contributed by atoms with Crippen molar-refractivity contribution in [1.29, 1.82) is 0 Å². The van der Waals surface area contributed by atoms with E-state index in [1.807, 2.05) is 0 Å². The van der Waals surface area contributed by atoms with Crippen LogP contribution in [0.1, 0.15) is 6.42 Å². The lowest BCUT2D eigenvalue weighted by atomic mass is 10.5. The van der Waals surface area contributed by atoms with Gasteiger partial charge in [-0.15, -0.1) is 6.42 Å². The molecule has 1 aliphatic heterocycles. The fourth-order valence-electron chi connectivity index (χ4n) is 0.865. The highest BCUT2D eigenvalue weighted by Crippen LogP contribution is 2.50. The number of hydrogen-bond acceptors (Lipinski definition) is 2. The third-order valence-electron chi connectivity index (χ3n) is 1.30. The molecule has 50 valence electrons. The van der Waals surface area contributed by atoms with E-state index in [2.05, 4.69) is 5.92 Å². The first-order valence-electron chi connectivity index (χ1n) is 2.93. The average Bonchev–Trinajstić information content (AvgIpc) is 2.16. The molecule has 0 N–H and O–H groups in total. The van der Waals surface area contributed by atoms with Gasteiger partial charge in [-0.05, 0) is 6.42 Å². The summed E-state index contributed by atoms with van der Waals surface area (Å²) in [5, 5.41) is 0. The van der Waals surface area contributed by atoms with Crippen LogP contribution in [-0.2, 0) is 9.09 Å². The summed E-state index contributed by atoms with van der Waals surface area (Å²) in [6.45, 7) is 0.624. The maximum atomic E-state index is 11.2. The Morgan fingerprint density at radius 3 is 3.00 bits per heavy atom. The van der Waals surface area contributed by atoms with Gasteiger partial charge in [0.05, 0.1) is 12.8 Å². The molecule has 1 heterocycles. The van der Waals surface area contributed by atoms with E-state index in [0.717, 1.165) is 6.42 Å². The lowest BCUT2D eigenvalue weighted by Crippen LogP contribution is -1.85. The first-order chi connectivity index (χ1) is 4.27. The van der Waals surface area contributed by atoms with E-state index in [9.17, 15) is 4.57 Å². The zero-order valence-corrected chi connectivity index (χ0v) is 6.06. The van der Waals surface area contributed by atoms with Gasteiger partial charge in [-0.25, -0.2) is 0 Å². The minimum Gasteiger partial charge on any atom is -0.328 e. The maximum absolute atomic E-state index is 11.2. The highest BCUT2D eigenvalue weighted by molar-refractivity contribution is 7.59. The third-order valence-corrected chi connectivity index (χ3v) is 3.62. The lowest BCUT2D eigenvalue weighted by molar-refractivity contribution is 0.352. The topological polar surface area (TPSA) is 26.3 Å². The molecular formula is C6H9O2P. The van der Waals surface area contributed by atoms with E-state index < -0.39 is 7.37 Å². The van der Waals surface area contributed by atoms with Crippen LogP contribution in [0.15, 0.2) is 0 Å². The van der Waals surface area contributed by atoms with Crippen LogP contribution in [0.25, 0.3) is 0 Å². The van der Waals surface area contributed by atoms with Crippen molar-refractivity contribution >= 4 is 7.37 Å². The first kappa shape index (κ1) is 6.86. The molecule has 0 aromatic heterocycles. The summed E-state index contributed by atoms with van der Waals surface area (Å²) >= 11 is 0. The smallest absolute Gasteiger partial charge is 0.214 e. The molecule has 1 saturated heterocycles. The highest BCUT2D eigenvalue weighted by atomic mass is 31.2. The molecule has 0 aromatic carbocycles. The summed E-state index contributed by atoms with van der Waals surface area (Å²) in [7, 11) is -2.31. The average molecular weight is 144 g/mol. The number of terminal acetylenes is 1. The quantitative estimate of drug-likeness (QED) is 0.409. The Hall–Kier alpha value is -0.250. The van der Waals surface area contributed by atoms with Crippen molar-refractivity contribution in [2.75, 3.05) is 18.9 Å². The van der Waals surface area contributed by atoms with Crippen molar-refractivity contribution in [2.24, 2.45) is 0 Å². The van der Waals surface area contributed by atoms with Crippen LogP contribution in [0.3, 0.4) is 0 Å². The molecule has 1 rings (SSSR count). The molecule has 0 saturated carbocycles. The van der Waals surface area contributed by atoms with Crippen molar-refractivity contribution < 1.29 is 9.09 Å². The molecule has 1 atom stereocenters. The fourth-order valence-corrected chi connectivity index (χ4v) is 2.59. The van der Waals surface area contributed by atoms with Crippen molar-refractivity contribution in [3.8, 4) is 12.3 Å². The summed E-state index contributed by atoms with van der Waals surface area (Å²) in [5.41, 5.74) is 0. The second-order valence-electron chi connectivity index (χ2n) is 2.09. The minimum atomic E-state index is -2.31. The van der Waals surface area contributed by atoms with E-state index >= 15 is 0 Å². The SMILES string of the molecule is C#CCP1(=O)CCCO1. The van der Waals surface area contributed by atoms with Crippen LogP contribution >= 0.6 is 7.37 Å². The third kappa shape index (κ3) is 1.58. The molecule has 1 aliphatic rings. The van der Waals surface area contributed by atoms with Crippen LogP contribution in [0.5, 0.6) is 0 Å². The second kappa shape index (κ2) is 2.56. The van der Waals surface area contributed by atoms with Crippen molar-refractivity contribution in [3.05, 3.63) is 0 Å². The Kier molecular flexibility index (Phi) is 1.95. The molecule has 9 heavy (non-hydrogen) atoms. The maximum Gasteiger partial charge on any atom is 0.214 e. The van der Waals surface area contributed by atoms with Crippen molar-refractivity contribution in [2.45, 2.75) is 6.42 Å². The van der Waals surface area contributed by atoms with Crippen LogP contribution < -0.4 is 0 Å². The van der Waals surface area contributed by atoms with Gasteiger partial charge in [-0.3, -0.25) is 4.57 Å². The zero-order valence-electron chi connectivity index (χ0n) is 5.17.